The summed E-state index contributed by atoms with van der Waals surface area (Å²) in [5, 5.41) is 7.77. The summed E-state index contributed by atoms with van der Waals surface area (Å²) >= 11 is 0. The predicted molar refractivity (Wildman–Crippen MR) is 140 cm³/mol. The number of hydrogen-bond acceptors (Lipinski definition) is 7. The van der Waals surface area contributed by atoms with E-state index in [1.807, 2.05) is 52.1 Å². The molecule has 0 spiro atoms. The Kier molecular flexibility index (Phi) is 8.29. The molecule has 3 aromatic rings. The van der Waals surface area contributed by atoms with Gasteiger partial charge in [-0.05, 0) is 57.0 Å². The molecule has 3 rings (SSSR count). The molecule has 0 aliphatic heterocycles. The third-order valence-electron chi connectivity index (χ3n) is 5.58. The number of rotatable bonds is 8. The Balaban J connectivity index is 1.80. The van der Waals surface area contributed by atoms with Crippen molar-refractivity contribution in [3.05, 3.63) is 54.6 Å². The second-order valence-electron chi connectivity index (χ2n) is 9.68. The van der Waals surface area contributed by atoms with Crippen molar-refractivity contribution >= 4 is 23.6 Å². The molecule has 2 heterocycles. The van der Waals surface area contributed by atoms with Gasteiger partial charge in [0.15, 0.2) is 0 Å². The Morgan fingerprint density at radius 1 is 1.14 bits per heavy atom. The molecule has 0 fully saturated rings. The van der Waals surface area contributed by atoms with Crippen molar-refractivity contribution in [2.75, 3.05) is 30.9 Å². The molecule has 0 unspecified atom stereocenters. The summed E-state index contributed by atoms with van der Waals surface area (Å²) in [5.74, 6) is 0.447. The van der Waals surface area contributed by atoms with Gasteiger partial charge in [0.2, 0.25) is 11.9 Å². The second-order valence-corrected chi connectivity index (χ2v) is 9.68. The third kappa shape index (κ3) is 7.03. The van der Waals surface area contributed by atoms with Crippen LogP contribution in [-0.4, -0.2) is 62.9 Å². The first-order valence-electron chi connectivity index (χ1n) is 11.8. The largest absolute Gasteiger partial charge is 0.444 e. The normalized spacial score (nSPS) is 12.1. The number of likely N-dealkylation sites (N-methyl/N-ethyl adjacent to an activating group) is 1. The molecule has 0 aliphatic carbocycles. The van der Waals surface area contributed by atoms with E-state index in [1.54, 1.807) is 48.3 Å². The van der Waals surface area contributed by atoms with E-state index in [4.69, 9.17) is 4.74 Å². The lowest BCUT2D eigenvalue weighted by Gasteiger charge is -2.24. The van der Waals surface area contributed by atoms with E-state index in [1.165, 1.54) is 11.8 Å². The summed E-state index contributed by atoms with van der Waals surface area (Å²) in [4.78, 5) is 36.0. The quantitative estimate of drug-likeness (QED) is 0.497. The van der Waals surface area contributed by atoms with Crippen molar-refractivity contribution in [1.82, 2.24) is 24.6 Å². The van der Waals surface area contributed by atoms with Gasteiger partial charge in [-0.15, -0.1) is 0 Å². The molecule has 0 radical (unpaired) electrons. The molecule has 1 atom stereocenters. The van der Waals surface area contributed by atoms with E-state index in [2.05, 4.69) is 20.4 Å². The summed E-state index contributed by atoms with van der Waals surface area (Å²) in [6.07, 6.45) is 6.72. The number of nitrogens with zero attached hydrogens (tertiary/aromatic N) is 6. The fourth-order valence-electron chi connectivity index (χ4n) is 3.52. The van der Waals surface area contributed by atoms with E-state index >= 15 is 0 Å². The summed E-state index contributed by atoms with van der Waals surface area (Å²) in [5.41, 5.74) is 3.07. The first-order chi connectivity index (χ1) is 16.9. The zero-order chi connectivity index (χ0) is 26.5. The van der Waals surface area contributed by atoms with Crippen LogP contribution < -0.4 is 10.2 Å². The van der Waals surface area contributed by atoms with Crippen LogP contribution in [-0.2, 0) is 16.1 Å². The number of nitrogens with one attached hydrogen (secondary N) is 1. The molecule has 0 bridgehead atoms. The maximum Gasteiger partial charge on any atom is 0.410 e. The van der Waals surface area contributed by atoms with Crippen LogP contribution in [0.3, 0.4) is 0 Å². The Morgan fingerprint density at radius 2 is 1.83 bits per heavy atom. The van der Waals surface area contributed by atoms with Crippen LogP contribution in [0.4, 0.5) is 16.4 Å². The fourth-order valence-corrected chi connectivity index (χ4v) is 3.52. The molecule has 36 heavy (non-hydrogen) atoms. The van der Waals surface area contributed by atoms with Crippen molar-refractivity contribution in [3.8, 4) is 11.1 Å². The molecule has 0 aliphatic rings. The Hall–Kier alpha value is -3.95. The zero-order valence-corrected chi connectivity index (χ0v) is 22.0. The zero-order valence-electron chi connectivity index (χ0n) is 22.0. The van der Waals surface area contributed by atoms with Gasteiger partial charge in [0, 0.05) is 57.4 Å². The van der Waals surface area contributed by atoms with E-state index in [9.17, 15) is 9.59 Å². The van der Waals surface area contributed by atoms with Gasteiger partial charge in [-0.1, -0.05) is 6.07 Å². The highest BCUT2D eigenvalue weighted by molar-refractivity contribution is 5.92. The lowest BCUT2D eigenvalue weighted by Crippen LogP contribution is -2.36. The standard InChI is InChI=1S/C26H35N7O3/c1-18(30-24-27-11-8-12-28-24)22-15-20(9-10-23(22)32(7)19(2)34)21-16-29-33(17-21)14-13-31(6)25(35)36-26(3,4)5/h8-12,15-18H,13-14H2,1-7H3,(H,27,28,30)/t18-/m1/s1. The highest BCUT2D eigenvalue weighted by Crippen LogP contribution is 2.32. The smallest absolute Gasteiger partial charge is 0.410 e. The molecule has 0 saturated carbocycles. The molecule has 2 aromatic heterocycles. The van der Waals surface area contributed by atoms with Gasteiger partial charge in [-0.3, -0.25) is 9.48 Å². The SMILES string of the molecule is CC(=O)N(C)c1ccc(-c2cnn(CCN(C)C(=O)OC(C)(C)C)c2)cc1[C@@H](C)Nc1ncccn1. The average molecular weight is 494 g/mol. The van der Waals surface area contributed by atoms with Crippen molar-refractivity contribution in [1.29, 1.82) is 0 Å². The Bertz CT molecular complexity index is 1190. The molecule has 1 N–H and O–H groups in total. The molecule has 10 heteroatoms. The Labute approximate surface area is 212 Å². The summed E-state index contributed by atoms with van der Waals surface area (Å²) in [6, 6.07) is 7.54. The highest BCUT2D eigenvalue weighted by Gasteiger charge is 2.20. The van der Waals surface area contributed by atoms with Crippen LogP contribution >= 0.6 is 0 Å². The van der Waals surface area contributed by atoms with Gasteiger partial charge in [-0.25, -0.2) is 14.8 Å². The maximum absolute atomic E-state index is 12.2. The van der Waals surface area contributed by atoms with Gasteiger partial charge >= 0.3 is 6.09 Å². The first kappa shape index (κ1) is 26.7. The van der Waals surface area contributed by atoms with Gasteiger partial charge < -0.3 is 19.9 Å². The minimum absolute atomic E-state index is 0.0610. The number of anilines is 2. The summed E-state index contributed by atoms with van der Waals surface area (Å²) in [6.45, 7) is 10.1. The maximum atomic E-state index is 12.2. The van der Waals surface area contributed by atoms with Gasteiger partial charge in [-0.2, -0.15) is 5.10 Å². The van der Waals surface area contributed by atoms with E-state index in [-0.39, 0.29) is 18.0 Å². The molecule has 192 valence electrons. The van der Waals surface area contributed by atoms with Crippen LogP contribution in [0.5, 0.6) is 0 Å². The summed E-state index contributed by atoms with van der Waals surface area (Å²) < 4.78 is 7.20. The molecule has 1 aromatic carbocycles. The van der Waals surface area contributed by atoms with Crippen molar-refractivity contribution in [2.24, 2.45) is 0 Å². The number of aromatic nitrogens is 4. The van der Waals surface area contributed by atoms with Gasteiger partial charge in [0.05, 0.1) is 18.8 Å². The topological polar surface area (TPSA) is 105 Å². The van der Waals surface area contributed by atoms with Crippen LogP contribution in [0, 0.1) is 0 Å². The lowest BCUT2D eigenvalue weighted by atomic mass is 9.99. The minimum Gasteiger partial charge on any atom is -0.444 e. The number of carbonyl (C=O) groups excluding carboxylic acids is 2. The van der Waals surface area contributed by atoms with Gasteiger partial charge in [0.1, 0.15) is 5.60 Å². The first-order valence-corrected chi connectivity index (χ1v) is 11.8. The lowest BCUT2D eigenvalue weighted by molar-refractivity contribution is -0.116. The monoisotopic (exact) mass is 493 g/mol. The predicted octanol–water partition coefficient (Wildman–Crippen LogP) is 4.36. The van der Waals surface area contributed by atoms with E-state index < -0.39 is 5.60 Å². The van der Waals surface area contributed by atoms with Crippen LogP contribution in [0.15, 0.2) is 49.1 Å². The van der Waals surface area contributed by atoms with E-state index in [0.29, 0.717) is 19.0 Å². The molecule has 10 nitrogen and oxygen atoms in total. The van der Waals surface area contributed by atoms with Crippen molar-refractivity contribution in [2.45, 2.75) is 52.8 Å². The number of hydrogen-bond donors (Lipinski definition) is 1. The van der Waals surface area contributed by atoms with Gasteiger partial charge in [0.25, 0.3) is 0 Å². The fraction of sp³-hybridized carbons (Fsp3) is 0.423. The average Bonchev–Trinajstić information content (AvgIpc) is 3.30. The Morgan fingerprint density at radius 3 is 2.47 bits per heavy atom. The molecular formula is C26H35N7O3. The van der Waals surface area contributed by atoms with Crippen LogP contribution in [0.25, 0.3) is 11.1 Å². The number of benzene rings is 1. The number of ether oxygens (including phenoxy) is 1. The highest BCUT2D eigenvalue weighted by atomic mass is 16.6. The van der Waals surface area contributed by atoms with Crippen LogP contribution in [0.2, 0.25) is 0 Å². The van der Waals surface area contributed by atoms with Crippen molar-refractivity contribution in [3.63, 3.8) is 0 Å². The molecule has 2 amide bonds. The number of carbonyl (C=O) groups is 2. The summed E-state index contributed by atoms with van der Waals surface area (Å²) in [7, 11) is 3.46. The molecular weight excluding hydrogens is 458 g/mol. The second kappa shape index (κ2) is 11.2. The van der Waals surface area contributed by atoms with Crippen molar-refractivity contribution < 1.29 is 14.3 Å². The third-order valence-corrected chi connectivity index (χ3v) is 5.58. The number of amides is 2. The minimum atomic E-state index is -0.539. The van der Waals surface area contributed by atoms with Crippen LogP contribution in [0.1, 0.15) is 46.2 Å². The van der Waals surface area contributed by atoms with E-state index in [0.717, 1.165) is 22.4 Å². The molecule has 0 saturated heterocycles.